The van der Waals surface area contributed by atoms with Crippen molar-refractivity contribution in [3.05, 3.63) is 5.82 Å². The Morgan fingerprint density at radius 3 is 2.72 bits per heavy atom. The van der Waals surface area contributed by atoms with Gasteiger partial charge in [-0.1, -0.05) is 24.6 Å². The summed E-state index contributed by atoms with van der Waals surface area (Å²) in [5, 5.41) is 16.9. The molecular weight excluding hydrogens is 515 g/mol. The fraction of sp³-hybridized carbons (Fsp3) is 0.850. The maximum Gasteiger partial charge on any atom is 0.191 e. The van der Waals surface area contributed by atoms with Crippen molar-refractivity contribution in [3.8, 4) is 0 Å². The zero-order valence-electron chi connectivity index (χ0n) is 18.1. The quantitative estimate of drug-likeness (QED) is 0.155. The lowest BCUT2D eigenvalue weighted by Gasteiger charge is -2.21. The molecule has 9 heteroatoms. The summed E-state index contributed by atoms with van der Waals surface area (Å²) in [5.74, 6) is 3.36. The highest BCUT2D eigenvalue weighted by Gasteiger charge is 2.29. The molecule has 1 saturated carbocycles. The zero-order valence-corrected chi connectivity index (χ0v) is 22.0. The fourth-order valence-electron chi connectivity index (χ4n) is 4.15. The Bertz CT molecular complexity index is 639. The minimum Gasteiger partial charge on any atom is -0.357 e. The van der Waals surface area contributed by atoms with E-state index in [0.29, 0.717) is 10.8 Å². The molecule has 3 rings (SSSR count). The molecule has 0 spiro atoms. The summed E-state index contributed by atoms with van der Waals surface area (Å²) in [6, 6.07) is 0.601. The van der Waals surface area contributed by atoms with Gasteiger partial charge >= 0.3 is 0 Å². The summed E-state index contributed by atoms with van der Waals surface area (Å²) in [6.07, 6.45) is 11.9. The van der Waals surface area contributed by atoms with E-state index in [2.05, 4.69) is 57.3 Å². The largest absolute Gasteiger partial charge is 0.357 e. The van der Waals surface area contributed by atoms with E-state index in [9.17, 15) is 0 Å². The van der Waals surface area contributed by atoms with Crippen molar-refractivity contribution in [2.45, 2.75) is 81.2 Å². The highest BCUT2D eigenvalue weighted by molar-refractivity contribution is 14.0. The average molecular weight is 553 g/mol. The van der Waals surface area contributed by atoms with Crippen molar-refractivity contribution in [2.75, 3.05) is 31.6 Å². The third kappa shape index (κ3) is 7.19. The second-order valence-electron chi connectivity index (χ2n) is 8.04. The number of halogens is 1. The molecule has 0 amide bonds. The number of hydrogen-bond donors (Lipinski definition) is 2. The summed E-state index contributed by atoms with van der Waals surface area (Å²) in [7, 11) is 0. The van der Waals surface area contributed by atoms with Crippen LogP contribution in [0.4, 0.5) is 0 Å². The molecule has 2 heterocycles. The van der Waals surface area contributed by atoms with Crippen LogP contribution in [0.1, 0.15) is 70.7 Å². The van der Waals surface area contributed by atoms with Crippen LogP contribution in [0.15, 0.2) is 10.1 Å². The van der Waals surface area contributed by atoms with Crippen LogP contribution in [-0.2, 0) is 6.42 Å². The molecule has 29 heavy (non-hydrogen) atoms. The van der Waals surface area contributed by atoms with E-state index in [4.69, 9.17) is 4.99 Å². The van der Waals surface area contributed by atoms with Crippen LogP contribution >= 0.6 is 47.5 Å². The standard InChI is InChI=1S/C20H36N6S2.HI/c1-4-21-18(23-15-20(2)12-8-14-28-20)22-13-7-11-17-24-25-19(27-3)26(17)16-9-5-6-10-16;/h16H,4-15H2,1-3H3,(H2,21,22,23);1H. The summed E-state index contributed by atoms with van der Waals surface area (Å²) in [4.78, 5) is 4.85. The van der Waals surface area contributed by atoms with Crippen LogP contribution in [0, 0.1) is 0 Å². The van der Waals surface area contributed by atoms with Gasteiger partial charge in [0.25, 0.3) is 0 Å². The van der Waals surface area contributed by atoms with Crippen molar-refractivity contribution >= 4 is 53.5 Å². The first-order valence-corrected chi connectivity index (χ1v) is 13.0. The van der Waals surface area contributed by atoms with E-state index in [1.807, 2.05) is 0 Å². The Morgan fingerprint density at radius 2 is 2.07 bits per heavy atom. The first-order valence-electron chi connectivity index (χ1n) is 10.8. The van der Waals surface area contributed by atoms with E-state index in [0.717, 1.165) is 49.4 Å². The van der Waals surface area contributed by atoms with E-state index >= 15 is 0 Å². The predicted octanol–water partition coefficient (Wildman–Crippen LogP) is 4.51. The molecule has 1 unspecified atom stereocenters. The highest BCUT2D eigenvalue weighted by Crippen LogP contribution is 2.37. The number of nitrogens with zero attached hydrogens (tertiary/aromatic N) is 4. The van der Waals surface area contributed by atoms with Gasteiger partial charge in [-0.05, 0) is 58.0 Å². The first kappa shape index (κ1) is 25.1. The normalized spacial score (nSPS) is 22.7. The second kappa shape index (κ2) is 12.6. The number of hydrogen-bond acceptors (Lipinski definition) is 5. The van der Waals surface area contributed by atoms with Crippen molar-refractivity contribution in [3.63, 3.8) is 0 Å². The molecule has 166 valence electrons. The lowest BCUT2D eigenvalue weighted by molar-refractivity contribution is 0.460. The van der Waals surface area contributed by atoms with E-state index in [1.54, 1.807) is 11.8 Å². The molecule has 6 nitrogen and oxygen atoms in total. The average Bonchev–Trinajstić information content (AvgIpc) is 3.43. The lowest BCUT2D eigenvalue weighted by atomic mass is 10.1. The molecule has 2 fully saturated rings. The molecule has 0 bridgehead atoms. The highest BCUT2D eigenvalue weighted by atomic mass is 127. The fourth-order valence-corrected chi connectivity index (χ4v) is 5.95. The van der Waals surface area contributed by atoms with E-state index in [-0.39, 0.29) is 24.0 Å². The van der Waals surface area contributed by atoms with Gasteiger partial charge in [-0.3, -0.25) is 4.99 Å². The van der Waals surface area contributed by atoms with Crippen molar-refractivity contribution in [1.29, 1.82) is 0 Å². The molecule has 1 saturated heterocycles. The number of aromatic nitrogens is 3. The maximum atomic E-state index is 4.85. The Labute approximate surface area is 201 Å². The Morgan fingerprint density at radius 1 is 1.28 bits per heavy atom. The van der Waals surface area contributed by atoms with Crippen LogP contribution < -0.4 is 10.6 Å². The summed E-state index contributed by atoms with van der Waals surface area (Å²) in [5.41, 5.74) is 0. The predicted molar refractivity (Wildman–Crippen MR) is 137 cm³/mol. The van der Waals surface area contributed by atoms with Gasteiger partial charge in [-0.2, -0.15) is 11.8 Å². The number of thioether (sulfide) groups is 2. The Kier molecular flexibility index (Phi) is 10.9. The summed E-state index contributed by atoms with van der Waals surface area (Å²) < 4.78 is 2.73. The third-order valence-corrected chi connectivity index (χ3v) is 7.86. The zero-order chi connectivity index (χ0) is 19.8. The van der Waals surface area contributed by atoms with Crippen LogP contribution in [-0.4, -0.2) is 57.1 Å². The Balaban J connectivity index is 0.00000300. The molecule has 2 N–H and O–H groups in total. The van der Waals surface area contributed by atoms with E-state index < -0.39 is 0 Å². The SMILES string of the molecule is CCNC(=NCC1(C)CCCS1)NCCCc1nnc(SC)n1C1CCCC1.I. The monoisotopic (exact) mass is 552 g/mol. The summed E-state index contributed by atoms with van der Waals surface area (Å²) in [6.45, 7) is 7.15. The summed E-state index contributed by atoms with van der Waals surface area (Å²) >= 11 is 3.78. The van der Waals surface area contributed by atoms with Crippen LogP contribution in [0.3, 0.4) is 0 Å². The maximum absolute atomic E-state index is 4.85. The van der Waals surface area contributed by atoms with Gasteiger partial charge < -0.3 is 15.2 Å². The van der Waals surface area contributed by atoms with Gasteiger partial charge in [0.15, 0.2) is 11.1 Å². The first-order chi connectivity index (χ1) is 13.6. The molecular formula is C20H37IN6S2. The smallest absolute Gasteiger partial charge is 0.191 e. The molecule has 0 aromatic carbocycles. The number of aliphatic imine (C=N–C) groups is 1. The van der Waals surface area contributed by atoms with Crippen LogP contribution in [0.5, 0.6) is 0 Å². The van der Waals surface area contributed by atoms with Crippen LogP contribution in [0.2, 0.25) is 0 Å². The topological polar surface area (TPSA) is 67.1 Å². The Hall–Kier alpha value is -0.160. The van der Waals surface area contributed by atoms with Gasteiger partial charge in [0.1, 0.15) is 5.82 Å². The van der Waals surface area contributed by atoms with Crippen molar-refractivity contribution in [2.24, 2.45) is 4.99 Å². The van der Waals surface area contributed by atoms with E-state index in [1.165, 1.54) is 44.3 Å². The molecule has 2 aliphatic rings. The van der Waals surface area contributed by atoms with Gasteiger partial charge in [0.05, 0.1) is 6.54 Å². The molecule has 1 aromatic heterocycles. The van der Waals surface area contributed by atoms with Gasteiger partial charge in [-0.15, -0.1) is 34.2 Å². The second-order valence-corrected chi connectivity index (χ2v) is 10.5. The lowest BCUT2D eigenvalue weighted by Crippen LogP contribution is -2.39. The van der Waals surface area contributed by atoms with Gasteiger partial charge in [-0.25, -0.2) is 0 Å². The molecule has 1 aromatic rings. The molecule has 1 atom stereocenters. The number of guanidine groups is 1. The third-order valence-electron chi connectivity index (χ3n) is 5.69. The molecule has 0 radical (unpaired) electrons. The van der Waals surface area contributed by atoms with Crippen molar-refractivity contribution < 1.29 is 0 Å². The number of rotatable bonds is 9. The van der Waals surface area contributed by atoms with Gasteiger partial charge in [0.2, 0.25) is 0 Å². The van der Waals surface area contributed by atoms with Crippen molar-refractivity contribution in [1.82, 2.24) is 25.4 Å². The minimum atomic E-state index is 0. The van der Waals surface area contributed by atoms with Crippen LogP contribution in [0.25, 0.3) is 0 Å². The molecule has 1 aliphatic heterocycles. The molecule has 1 aliphatic carbocycles. The number of aryl methyl sites for hydroxylation is 1. The number of nitrogens with one attached hydrogen (secondary N) is 2. The van der Waals surface area contributed by atoms with Gasteiger partial charge in [0, 0.05) is 30.3 Å². The minimum absolute atomic E-state index is 0.